The minimum Gasteiger partial charge on any atom is -0.475 e. The maximum atomic E-state index is 12.0. The van der Waals surface area contributed by atoms with E-state index in [4.69, 9.17) is 14.9 Å². The van der Waals surface area contributed by atoms with Gasteiger partial charge in [0.1, 0.15) is 5.82 Å². The molecule has 0 aromatic carbocycles. The average molecular weight is 459 g/mol. The Morgan fingerprint density at radius 1 is 1.03 bits per heavy atom. The molecule has 8 nitrogen and oxygen atoms in total. The second-order valence-electron chi connectivity index (χ2n) is 7.55. The molecule has 0 bridgehead atoms. The molecular weight excluding hydrogens is 439 g/mol. The van der Waals surface area contributed by atoms with E-state index >= 15 is 0 Å². The van der Waals surface area contributed by atoms with Gasteiger partial charge < -0.3 is 20.7 Å². The van der Waals surface area contributed by atoms with Crippen molar-refractivity contribution in [3.63, 3.8) is 0 Å². The number of anilines is 1. The maximum absolute atomic E-state index is 12.0. The number of aliphatic carboxylic acids is 1. The Balaban J connectivity index is 0.000000325. The van der Waals surface area contributed by atoms with Crippen molar-refractivity contribution in [2.24, 2.45) is 0 Å². The van der Waals surface area contributed by atoms with E-state index in [1.165, 1.54) is 5.56 Å². The number of carboxylic acids is 1. The monoisotopic (exact) mass is 459 g/mol. The van der Waals surface area contributed by atoms with Gasteiger partial charge in [-0.25, -0.2) is 9.78 Å². The maximum Gasteiger partial charge on any atom is 0.490 e. The molecule has 4 N–H and O–H groups in total. The third-order valence-electron chi connectivity index (χ3n) is 5.27. The largest absolute Gasteiger partial charge is 0.490 e. The number of amides is 1. The van der Waals surface area contributed by atoms with E-state index in [9.17, 15) is 18.0 Å². The number of carbonyl (C=O) groups is 2. The van der Waals surface area contributed by atoms with Crippen LogP contribution in [0.15, 0.2) is 36.5 Å². The summed E-state index contributed by atoms with van der Waals surface area (Å²) in [5, 5.41) is 13.4. The van der Waals surface area contributed by atoms with Gasteiger partial charge >= 0.3 is 12.1 Å². The Kier molecular flexibility index (Phi) is 6.03. The molecule has 0 atom stereocenters. The van der Waals surface area contributed by atoms with Crippen LogP contribution in [0.4, 0.5) is 19.0 Å². The van der Waals surface area contributed by atoms with Crippen LogP contribution in [0.2, 0.25) is 0 Å². The number of nitrogens with one attached hydrogen (secondary N) is 3. The number of hydrogen-bond acceptors (Lipinski definition) is 5. The fraction of sp³-hybridized carbons (Fsp3) is 0.273. The summed E-state index contributed by atoms with van der Waals surface area (Å²) in [6, 6.07) is 10.1. The number of rotatable bonds is 2. The van der Waals surface area contributed by atoms with Crippen molar-refractivity contribution in [3.8, 4) is 22.6 Å². The summed E-state index contributed by atoms with van der Waals surface area (Å²) in [4.78, 5) is 33.5. The van der Waals surface area contributed by atoms with E-state index in [0.29, 0.717) is 6.54 Å². The van der Waals surface area contributed by atoms with Gasteiger partial charge in [-0.1, -0.05) is 6.07 Å². The number of H-pyrrole nitrogens is 1. The Labute approximate surface area is 186 Å². The van der Waals surface area contributed by atoms with Crippen molar-refractivity contribution in [3.05, 3.63) is 53.3 Å². The van der Waals surface area contributed by atoms with Gasteiger partial charge in [0.2, 0.25) is 0 Å². The van der Waals surface area contributed by atoms with Crippen LogP contribution in [0, 0.1) is 0 Å². The van der Waals surface area contributed by atoms with Crippen LogP contribution in [0.25, 0.3) is 22.6 Å². The van der Waals surface area contributed by atoms with E-state index in [-0.39, 0.29) is 5.91 Å². The van der Waals surface area contributed by atoms with Crippen molar-refractivity contribution in [2.45, 2.75) is 25.4 Å². The third-order valence-corrected chi connectivity index (χ3v) is 5.27. The zero-order valence-corrected chi connectivity index (χ0v) is 17.3. The van der Waals surface area contributed by atoms with Gasteiger partial charge in [0.15, 0.2) is 0 Å². The first-order valence-corrected chi connectivity index (χ1v) is 10.2. The number of carbonyl (C=O) groups excluding carboxylic acids is 1. The molecule has 0 radical (unpaired) electrons. The van der Waals surface area contributed by atoms with E-state index in [1.807, 2.05) is 24.3 Å². The summed E-state index contributed by atoms with van der Waals surface area (Å²) in [7, 11) is 0. The predicted molar refractivity (Wildman–Crippen MR) is 114 cm³/mol. The minimum atomic E-state index is -5.08. The standard InChI is InChI=1S/C20H19N5O.C2HF3O2/c26-20-14-11-17(24-15(14)6-9-23-20)13-5-8-21-18(10-13)16-4-3-12-2-1-7-22-19(12)25-16;3-2(4,5)1(6)7/h3-5,8,10-11,24H,1-2,6-7,9H2,(H,22,25)(H,23,26);(H,6,7). The smallest absolute Gasteiger partial charge is 0.475 e. The molecule has 0 spiro atoms. The number of hydrogen-bond donors (Lipinski definition) is 4. The van der Waals surface area contributed by atoms with Gasteiger partial charge in [-0.2, -0.15) is 13.2 Å². The quantitative estimate of drug-likeness (QED) is 0.466. The van der Waals surface area contributed by atoms with Gasteiger partial charge in [-0.05, 0) is 42.7 Å². The lowest BCUT2D eigenvalue weighted by Crippen LogP contribution is -2.31. The second-order valence-corrected chi connectivity index (χ2v) is 7.55. The highest BCUT2D eigenvalue weighted by Gasteiger charge is 2.38. The van der Waals surface area contributed by atoms with Crippen LogP contribution in [0.3, 0.4) is 0 Å². The van der Waals surface area contributed by atoms with Crippen LogP contribution in [0.1, 0.15) is 28.0 Å². The molecule has 5 heterocycles. The van der Waals surface area contributed by atoms with Gasteiger partial charge in [-0.15, -0.1) is 0 Å². The van der Waals surface area contributed by atoms with E-state index < -0.39 is 12.1 Å². The molecule has 0 aliphatic carbocycles. The summed E-state index contributed by atoms with van der Waals surface area (Å²) >= 11 is 0. The summed E-state index contributed by atoms with van der Waals surface area (Å²) < 4.78 is 31.7. The molecule has 11 heteroatoms. The lowest BCUT2D eigenvalue weighted by Gasteiger charge is -2.17. The van der Waals surface area contributed by atoms with Crippen LogP contribution in [-0.2, 0) is 17.6 Å². The van der Waals surface area contributed by atoms with E-state index in [1.54, 1.807) is 6.20 Å². The number of pyridine rings is 2. The van der Waals surface area contributed by atoms with Crippen molar-refractivity contribution < 1.29 is 27.9 Å². The number of aryl methyl sites for hydroxylation is 1. The minimum absolute atomic E-state index is 0.00884. The molecule has 1 amide bonds. The summed E-state index contributed by atoms with van der Waals surface area (Å²) in [6.45, 7) is 1.65. The zero-order valence-electron chi connectivity index (χ0n) is 17.3. The molecule has 3 aromatic rings. The third kappa shape index (κ3) is 4.97. The molecule has 33 heavy (non-hydrogen) atoms. The Morgan fingerprint density at radius 3 is 2.55 bits per heavy atom. The highest BCUT2D eigenvalue weighted by atomic mass is 19.4. The molecule has 2 aliphatic heterocycles. The lowest BCUT2D eigenvalue weighted by molar-refractivity contribution is -0.192. The van der Waals surface area contributed by atoms with Crippen LogP contribution >= 0.6 is 0 Å². The first kappa shape index (κ1) is 22.3. The molecule has 0 saturated carbocycles. The average Bonchev–Trinajstić information content (AvgIpc) is 3.25. The Hall–Kier alpha value is -3.89. The molecule has 2 aliphatic rings. The normalized spacial score (nSPS) is 14.7. The molecule has 0 unspecified atom stereocenters. The zero-order chi connectivity index (χ0) is 23.6. The van der Waals surface area contributed by atoms with Gasteiger partial charge in [-0.3, -0.25) is 9.78 Å². The first-order valence-electron chi connectivity index (χ1n) is 10.2. The molecule has 3 aromatic heterocycles. The van der Waals surface area contributed by atoms with Gasteiger partial charge in [0, 0.05) is 42.7 Å². The van der Waals surface area contributed by atoms with Crippen LogP contribution < -0.4 is 10.6 Å². The predicted octanol–water partition coefficient (Wildman–Crippen LogP) is 3.42. The fourth-order valence-electron chi connectivity index (χ4n) is 3.66. The van der Waals surface area contributed by atoms with Crippen LogP contribution in [-0.4, -0.2) is 51.2 Å². The van der Waals surface area contributed by atoms with Crippen molar-refractivity contribution in [1.29, 1.82) is 0 Å². The Morgan fingerprint density at radius 2 is 1.82 bits per heavy atom. The molecule has 172 valence electrons. The number of nitrogens with zero attached hydrogens (tertiary/aromatic N) is 2. The van der Waals surface area contributed by atoms with E-state index in [0.717, 1.165) is 65.5 Å². The van der Waals surface area contributed by atoms with Crippen molar-refractivity contribution >= 4 is 17.7 Å². The lowest BCUT2D eigenvalue weighted by atomic mass is 10.1. The number of aromatic amines is 1. The highest BCUT2D eigenvalue weighted by molar-refractivity contribution is 5.97. The Bertz CT molecular complexity index is 1210. The summed E-state index contributed by atoms with van der Waals surface area (Å²) in [5.74, 6) is -1.80. The number of alkyl halides is 3. The molecule has 5 rings (SSSR count). The number of halogens is 3. The molecular formula is C22H20F3N5O3. The summed E-state index contributed by atoms with van der Waals surface area (Å²) in [5.41, 5.74) is 6.62. The fourth-order valence-corrected chi connectivity index (χ4v) is 3.66. The SMILES string of the molecule is O=C(O)C(F)(F)F.O=C1NCCc2[nH]c(-c3ccnc(-c4ccc5c(n4)NCCC5)c3)cc21. The highest BCUT2D eigenvalue weighted by Crippen LogP contribution is 2.28. The number of fused-ring (bicyclic) bond motifs is 2. The van der Waals surface area contributed by atoms with Crippen LogP contribution in [0.5, 0.6) is 0 Å². The van der Waals surface area contributed by atoms with Crippen molar-refractivity contribution in [2.75, 3.05) is 18.4 Å². The number of aromatic nitrogens is 3. The second kappa shape index (κ2) is 8.93. The van der Waals surface area contributed by atoms with E-state index in [2.05, 4.69) is 26.7 Å². The van der Waals surface area contributed by atoms with Crippen molar-refractivity contribution in [1.82, 2.24) is 20.3 Å². The topological polar surface area (TPSA) is 120 Å². The van der Waals surface area contributed by atoms with Gasteiger partial charge in [0.25, 0.3) is 5.91 Å². The van der Waals surface area contributed by atoms with Gasteiger partial charge in [0.05, 0.1) is 17.0 Å². The first-order chi connectivity index (χ1) is 15.7. The molecule has 0 saturated heterocycles. The molecule has 0 fully saturated rings. The summed E-state index contributed by atoms with van der Waals surface area (Å²) in [6.07, 6.45) is -0.248. The number of carboxylic acid groups (broad SMARTS) is 1.